The molecule has 7 nitrogen and oxygen atoms in total. The highest BCUT2D eigenvalue weighted by atomic mass is 32.2. The van der Waals surface area contributed by atoms with Crippen molar-refractivity contribution in [2.45, 2.75) is 57.4 Å². The van der Waals surface area contributed by atoms with Gasteiger partial charge in [0.2, 0.25) is 5.95 Å². The molecule has 1 unspecified atom stereocenters. The monoisotopic (exact) mass is 480 g/mol. The first-order valence-corrected chi connectivity index (χ1v) is 13.1. The number of aromatic nitrogens is 5. The molecule has 1 fully saturated rings. The Morgan fingerprint density at radius 2 is 1.79 bits per heavy atom. The molecule has 0 aliphatic carbocycles. The van der Waals surface area contributed by atoms with Crippen LogP contribution in [0.1, 0.15) is 53.3 Å². The SMILES string of the molecule is Cc1ccc(-n2c(SC(C)c3nc4sc(C)c(C)c4c(=O)[nH]3)nnc2N2CCCCC2)cc1. The summed E-state index contributed by atoms with van der Waals surface area (Å²) in [6.45, 7) is 10.1. The molecule has 1 saturated heterocycles. The standard InChI is InChI=1S/C24H28N6OS2/c1-14-8-10-18(11-9-14)30-23(29-12-6-5-7-13-29)27-28-24(30)33-17(4)20-25-21(31)19-15(2)16(3)32-22(19)26-20/h8-11,17H,5-7,12-13H2,1-4H3,(H,25,26,31). The van der Waals surface area contributed by atoms with Crippen LogP contribution in [0.3, 0.4) is 0 Å². The van der Waals surface area contributed by atoms with Crippen molar-refractivity contribution in [2.24, 2.45) is 0 Å². The molecular formula is C24H28N6OS2. The van der Waals surface area contributed by atoms with E-state index in [0.29, 0.717) is 11.2 Å². The Morgan fingerprint density at radius 1 is 1.06 bits per heavy atom. The maximum Gasteiger partial charge on any atom is 0.259 e. The van der Waals surface area contributed by atoms with E-state index in [-0.39, 0.29) is 10.8 Å². The van der Waals surface area contributed by atoms with Gasteiger partial charge in [-0.05, 0) is 64.7 Å². The average Bonchev–Trinajstić information content (AvgIpc) is 3.35. The number of thioether (sulfide) groups is 1. The van der Waals surface area contributed by atoms with Crippen LogP contribution in [0.4, 0.5) is 5.95 Å². The van der Waals surface area contributed by atoms with E-state index >= 15 is 0 Å². The first-order chi connectivity index (χ1) is 15.9. The normalized spacial score (nSPS) is 15.3. The number of thiophene rings is 1. The molecule has 4 aromatic rings. The van der Waals surface area contributed by atoms with Crippen LogP contribution in [0.2, 0.25) is 0 Å². The van der Waals surface area contributed by atoms with Gasteiger partial charge in [0.15, 0.2) is 5.16 Å². The average molecular weight is 481 g/mol. The molecule has 1 atom stereocenters. The molecule has 0 amide bonds. The van der Waals surface area contributed by atoms with Crippen molar-refractivity contribution >= 4 is 39.3 Å². The van der Waals surface area contributed by atoms with Crippen molar-refractivity contribution in [3.63, 3.8) is 0 Å². The highest BCUT2D eigenvalue weighted by molar-refractivity contribution is 7.99. The van der Waals surface area contributed by atoms with Gasteiger partial charge in [-0.2, -0.15) is 0 Å². The van der Waals surface area contributed by atoms with Gasteiger partial charge in [-0.3, -0.25) is 9.36 Å². The zero-order chi connectivity index (χ0) is 23.1. The number of hydrogen-bond donors (Lipinski definition) is 1. The van der Waals surface area contributed by atoms with Crippen molar-refractivity contribution in [3.8, 4) is 5.69 Å². The van der Waals surface area contributed by atoms with E-state index in [2.05, 4.69) is 62.8 Å². The molecule has 1 aromatic carbocycles. The van der Waals surface area contributed by atoms with E-state index in [4.69, 9.17) is 4.98 Å². The molecule has 0 saturated carbocycles. The number of benzene rings is 1. The van der Waals surface area contributed by atoms with Gasteiger partial charge >= 0.3 is 0 Å². The van der Waals surface area contributed by atoms with Gasteiger partial charge in [-0.15, -0.1) is 21.5 Å². The number of piperidine rings is 1. The van der Waals surface area contributed by atoms with Crippen molar-refractivity contribution in [1.82, 2.24) is 24.7 Å². The quantitative estimate of drug-likeness (QED) is 0.389. The highest BCUT2D eigenvalue weighted by Crippen LogP contribution is 2.37. The minimum absolute atomic E-state index is 0.0710. The van der Waals surface area contributed by atoms with Crippen LogP contribution in [0, 0.1) is 20.8 Å². The lowest BCUT2D eigenvalue weighted by atomic mass is 10.1. The second kappa shape index (κ2) is 8.95. The Labute approximate surface area is 201 Å². The fraction of sp³-hybridized carbons (Fsp3) is 0.417. The largest absolute Gasteiger partial charge is 0.341 e. The molecule has 0 bridgehead atoms. The lowest BCUT2D eigenvalue weighted by molar-refractivity contribution is 0.564. The van der Waals surface area contributed by atoms with Gasteiger partial charge < -0.3 is 9.88 Å². The number of rotatable bonds is 5. The zero-order valence-corrected chi connectivity index (χ0v) is 21.0. The molecule has 5 rings (SSSR count). The van der Waals surface area contributed by atoms with Crippen LogP contribution in [0.25, 0.3) is 15.9 Å². The summed E-state index contributed by atoms with van der Waals surface area (Å²) < 4.78 is 2.14. The van der Waals surface area contributed by atoms with E-state index in [1.165, 1.54) is 24.8 Å². The van der Waals surface area contributed by atoms with E-state index in [0.717, 1.165) is 45.2 Å². The van der Waals surface area contributed by atoms with Gasteiger partial charge in [0.25, 0.3) is 5.56 Å². The number of nitrogens with one attached hydrogen (secondary N) is 1. The Morgan fingerprint density at radius 3 is 2.52 bits per heavy atom. The van der Waals surface area contributed by atoms with Gasteiger partial charge in [-0.1, -0.05) is 29.5 Å². The Bertz CT molecular complexity index is 1350. The van der Waals surface area contributed by atoms with Crippen LogP contribution >= 0.6 is 23.1 Å². The van der Waals surface area contributed by atoms with Crippen molar-refractivity contribution in [1.29, 1.82) is 0 Å². The van der Waals surface area contributed by atoms with Gasteiger partial charge in [0.1, 0.15) is 10.7 Å². The van der Waals surface area contributed by atoms with Crippen LogP contribution in [0.15, 0.2) is 34.2 Å². The zero-order valence-electron chi connectivity index (χ0n) is 19.4. The molecule has 4 heterocycles. The number of aromatic amines is 1. The summed E-state index contributed by atoms with van der Waals surface area (Å²) in [6, 6.07) is 8.46. The van der Waals surface area contributed by atoms with Crippen LogP contribution in [-0.2, 0) is 0 Å². The molecule has 1 aliphatic heterocycles. The third kappa shape index (κ3) is 4.19. The van der Waals surface area contributed by atoms with Crippen LogP contribution in [-0.4, -0.2) is 37.8 Å². The van der Waals surface area contributed by atoms with Crippen LogP contribution < -0.4 is 10.5 Å². The van der Waals surface area contributed by atoms with E-state index in [9.17, 15) is 4.79 Å². The van der Waals surface area contributed by atoms with E-state index in [1.807, 2.05) is 13.8 Å². The fourth-order valence-electron chi connectivity index (χ4n) is 4.23. The molecular weight excluding hydrogens is 452 g/mol. The summed E-state index contributed by atoms with van der Waals surface area (Å²) in [4.78, 5) is 24.8. The molecule has 0 spiro atoms. The molecule has 33 heavy (non-hydrogen) atoms. The molecule has 0 radical (unpaired) electrons. The van der Waals surface area contributed by atoms with Gasteiger partial charge in [0.05, 0.1) is 16.3 Å². The molecule has 1 N–H and O–H groups in total. The Hall–Kier alpha value is -2.65. The smallest absolute Gasteiger partial charge is 0.259 e. The number of H-pyrrole nitrogens is 1. The number of anilines is 1. The number of hydrogen-bond acceptors (Lipinski definition) is 7. The van der Waals surface area contributed by atoms with Gasteiger partial charge in [0, 0.05) is 18.0 Å². The summed E-state index contributed by atoms with van der Waals surface area (Å²) in [7, 11) is 0. The number of aryl methyl sites for hydroxylation is 3. The minimum Gasteiger partial charge on any atom is -0.341 e. The van der Waals surface area contributed by atoms with Crippen molar-refractivity contribution in [3.05, 3.63) is 56.4 Å². The summed E-state index contributed by atoms with van der Waals surface area (Å²) in [5.74, 6) is 1.55. The number of nitrogens with zero attached hydrogens (tertiary/aromatic N) is 5. The maximum atomic E-state index is 12.8. The first-order valence-electron chi connectivity index (χ1n) is 11.4. The number of fused-ring (bicyclic) bond motifs is 1. The molecule has 172 valence electrons. The lowest BCUT2D eigenvalue weighted by Gasteiger charge is -2.28. The summed E-state index contributed by atoms with van der Waals surface area (Å²) in [6.07, 6.45) is 3.60. The molecule has 3 aromatic heterocycles. The topological polar surface area (TPSA) is 79.7 Å². The second-order valence-corrected chi connectivity index (χ2v) is 11.2. The summed E-state index contributed by atoms with van der Waals surface area (Å²) in [5.41, 5.74) is 3.20. The van der Waals surface area contributed by atoms with E-state index in [1.54, 1.807) is 23.1 Å². The van der Waals surface area contributed by atoms with Crippen molar-refractivity contribution in [2.75, 3.05) is 18.0 Å². The summed E-state index contributed by atoms with van der Waals surface area (Å²) >= 11 is 3.14. The first kappa shape index (κ1) is 22.2. The maximum absolute atomic E-state index is 12.8. The Kier molecular flexibility index (Phi) is 6.01. The predicted octanol–water partition coefficient (Wildman–Crippen LogP) is 5.33. The third-order valence-electron chi connectivity index (χ3n) is 6.27. The molecule has 1 aliphatic rings. The second-order valence-electron chi connectivity index (χ2n) is 8.68. The van der Waals surface area contributed by atoms with E-state index < -0.39 is 0 Å². The molecule has 9 heteroatoms. The predicted molar refractivity (Wildman–Crippen MR) is 136 cm³/mol. The third-order valence-corrected chi connectivity index (χ3v) is 8.42. The van der Waals surface area contributed by atoms with Crippen LogP contribution in [0.5, 0.6) is 0 Å². The van der Waals surface area contributed by atoms with Gasteiger partial charge in [-0.25, -0.2) is 4.98 Å². The Balaban J connectivity index is 1.52. The lowest BCUT2D eigenvalue weighted by Crippen LogP contribution is -2.31. The fourth-order valence-corrected chi connectivity index (χ4v) is 6.19. The minimum atomic E-state index is -0.0904. The highest BCUT2D eigenvalue weighted by Gasteiger charge is 2.24. The summed E-state index contributed by atoms with van der Waals surface area (Å²) in [5, 5.41) is 10.6. The van der Waals surface area contributed by atoms with Crippen molar-refractivity contribution < 1.29 is 0 Å².